The number of guanidine groups is 1. The Labute approximate surface area is 168 Å². The molecule has 1 aliphatic heterocycles. The lowest BCUT2D eigenvalue weighted by Crippen LogP contribution is -2.36. The summed E-state index contributed by atoms with van der Waals surface area (Å²) in [5, 5.41) is 3.45. The minimum absolute atomic E-state index is 0.175. The highest BCUT2D eigenvalue weighted by Gasteiger charge is 2.21. The van der Waals surface area contributed by atoms with Gasteiger partial charge >= 0.3 is 0 Å². The van der Waals surface area contributed by atoms with Crippen LogP contribution in [0.5, 0.6) is 5.75 Å². The van der Waals surface area contributed by atoms with E-state index in [2.05, 4.69) is 46.7 Å². The zero-order valence-electron chi connectivity index (χ0n) is 16.6. The van der Waals surface area contributed by atoms with Crippen molar-refractivity contribution in [3.05, 3.63) is 65.7 Å². The number of hydrogen-bond acceptors (Lipinski definition) is 3. The maximum absolute atomic E-state index is 6.22. The van der Waals surface area contributed by atoms with Crippen molar-refractivity contribution in [1.29, 1.82) is 0 Å². The maximum Gasteiger partial charge on any atom is 0.189 e. The van der Waals surface area contributed by atoms with Gasteiger partial charge in [-0.15, -0.1) is 0 Å². The molecule has 1 fully saturated rings. The van der Waals surface area contributed by atoms with Crippen molar-refractivity contribution in [1.82, 2.24) is 5.32 Å². The molecular formula is C23H31N3O2. The Morgan fingerprint density at radius 1 is 1.14 bits per heavy atom. The first kappa shape index (κ1) is 20.2. The molecule has 0 radical (unpaired) electrons. The van der Waals surface area contributed by atoms with Crippen molar-refractivity contribution in [3.63, 3.8) is 0 Å². The van der Waals surface area contributed by atoms with Gasteiger partial charge in [0.2, 0.25) is 0 Å². The summed E-state index contributed by atoms with van der Waals surface area (Å²) in [6.07, 6.45) is 4.11. The van der Waals surface area contributed by atoms with E-state index in [1.54, 1.807) is 7.11 Å². The molecule has 28 heavy (non-hydrogen) atoms. The lowest BCUT2D eigenvalue weighted by molar-refractivity contribution is 0.0612. The number of benzene rings is 2. The van der Waals surface area contributed by atoms with E-state index >= 15 is 0 Å². The number of ether oxygens (including phenoxy) is 2. The first-order valence-corrected chi connectivity index (χ1v) is 10.1. The minimum Gasteiger partial charge on any atom is -0.497 e. The van der Waals surface area contributed by atoms with E-state index in [4.69, 9.17) is 15.2 Å². The van der Waals surface area contributed by atoms with E-state index in [1.165, 1.54) is 11.1 Å². The third kappa shape index (κ3) is 6.27. The van der Waals surface area contributed by atoms with Crippen LogP contribution in [0.2, 0.25) is 0 Å². The highest BCUT2D eigenvalue weighted by molar-refractivity contribution is 5.78. The second kappa shape index (κ2) is 10.7. The van der Waals surface area contributed by atoms with E-state index in [-0.39, 0.29) is 6.04 Å². The topological polar surface area (TPSA) is 68.9 Å². The largest absolute Gasteiger partial charge is 0.497 e. The molecule has 150 valence electrons. The fourth-order valence-corrected chi connectivity index (χ4v) is 3.60. The number of rotatable bonds is 8. The van der Waals surface area contributed by atoms with Gasteiger partial charge < -0.3 is 20.5 Å². The molecule has 5 nitrogen and oxygen atoms in total. The Hall–Kier alpha value is -2.53. The molecule has 1 atom stereocenters. The molecule has 1 saturated heterocycles. The third-order valence-electron chi connectivity index (χ3n) is 5.28. The highest BCUT2D eigenvalue weighted by Crippen LogP contribution is 2.27. The fourth-order valence-electron chi connectivity index (χ4n) is 3.60. The lowest BCUT2D eigenvalue weighted by atomic mass is 9.89. The third-order valence-corrected chi connectivity index (χ3v) is 5.28. The normalized spacial score (nSPS) is 16.5. The van der Waals surface area contributed by atoms with Gasteiger partial charge in [0.1, 0.15) is 5.75 Å². The molecule has 0 amide bonds. The lowest BCUT2D eigenvalue weighted by Gasteiger charge is -2.28. The quantitative estimate of drug-likeness (QED) is 0.540. The van der Waals surface area contributed by atoms with Gasteiger partial charge in [0.25, 0.3) is 0 Å². The van der Waals surface area contributed by atoms with Crippen LogP contribution < -0.4 is 15.8 Å². The van der Waals surface area contributed by atoms with Gasteiger partial charge in [-0.05, 0) is 54.9 Å². The average molecular weight is 382 g/mol. The van der Waals surface area contributed by atoms with E-state index in [9.17, 15) is 0 Å². The highest BCUT2D eigenvalue weighted by atomic mass is 16.5. The van der Waals surface area contributed by atoms with Gasteiger partial charge in [-0.3, -0.25) is 4.99 Å². The molecule has 0 bridgehead atoms. The Bertz CT molecular complexity index is 725. The first-order chi connectivity index (χ1) is 13.7. The molecular weight excluding hydrogens is 350 g/mol. The van der Waals surface area contributed by atoms with Crippen LogP contribution in [0.4, 0.5) is 0 Å². The zero-order valence-corrected chi connectivity index (χ0v) is 16.6. The van der Waals surface area contributed by atoms with Gasteiger partial charge in [-0.2, -0.15) is 0 Å². The number of aliphatic imine (C=N–C) groups is 1. The molecule has 1 unspecified atom stereocenters. The van der Waals surface area contributed by atoms with E-state index in [0.29, 0.717) is 18.4 Å². The second-order valence-corrected chi connectivity index (χ2v) is 7.26. The Kier molecular flexibility index (Phi) is 7.73. The Balaban J connectivity index is 1.57. The van der Waals surface area contributed by atoms with Gasteiger partial charge in [0.05, 0.1) is 13.2 Å². The number of methoxy groups -OCH3 is 1. The molecule has 3 N–H and O–H groups in total. The van der Waals surface area contributed by atoms with Crippen molar-refractivity contribution in [2.45, 2.75) is 31.7 Å². The smallest absolute Gasteiger partial charge is 0.189 e. The van der Waals surface area contributed by atoms with Crippen molar-refractivity contribution in [2.75, 3.05) is 26.9 Å². The Morgan fingerprint density at radius 3 is 2.54 bits per heavy atom. The fraction of sp³-hybridized carbons (Fsp3) is 0.435. The summed E-state index contributed by atoms with van der Waals surface area (Å²) < 4.78 is 10.7. The van der Waals surface area contributed by atoms with Crippen molar-refractivity contribution in [3.8, 4) is 5.75 Å². The van der Waals surface area contributed by atoms with Gasteiger partial charge in [0, 0.05) is 19.8 Å². The number of nitrogens with two attached hydrogens (primary N) is 1. The molecule has 3 rings (SSSR count). The maximum atomic E-state index is 6.22. The first-order valence-electron chi connectivity index (χ1n) is 10.1. The predicted molar refractivity (Wildman–Crippen MR) is 114 cm³/mol. The molecule has 0 aliphatic carbocycles. The van der Waals surface area contributed by atoms with Gasteiger partial charge in [-0.1, -0.05) is 42.5 Å². The van der Waals surface area contributed by atoms with Crippen molar-refractivity contribution in [2.24, 2.45) is 16.6 Å². The molecule has 0 saturated carbocycles. The van der Waals surface area contributed by atoms with Crippen LogP contribution in [0.15, 0.2) is 59.6 Å². The van der Waals surface area contributed by atoms with Crippen LogP contribution in [0.25, 0.3) is 0 Å². The number of nitrogens with one attached hydrogen (secondary N) is 1. The summed E-state index contributed by atoms with van der Waals surface area (Å²) in [6, 6.07) is 18.8. The van der Waals surface area contributed by atoms with E-state index in [0.717, 1.165) is 44.6 Å². The summed E-state index contributed by atoms with van der Waals surface area (Å²) in [4.78, 5) is 4.55. The van der Waals surface area contributed by atoms with Crippen LogP contribution in [0.3, 0.4) is 0 Å². The molecule has 1 heterocycles. The summed E-state index contributed by atoms with van der Waals surface area (Å²) in [6.45, 7) is 2.37. The minimum atomic E-state index is 0.175. The average Bonchev–Trinajstić information content (AvgIpc) is 2.75. The van der Waals surface area contributed by atoms with Crippen LogP contribution in [-0.4, -0.2) is 32.8 Å². The SMILES string of the molecule is COc1ccc(CCN=C(N)NC(CC2CCOCC2)c2ccccc2)cc1. The standard InChI is InChI=1S/C23H31N3O2/c1-27-21-9-7-18(8-10-21)11-14-25-23(24)26-22(20-5-3-2-4-6-20)17-19-12-15-28-16-13-19/h2-10,19,22H,11-17H2,1H3,(H3,24,25,26). The molecule has 5 heteroatoms. The summed E-state index contributed by atoms with van der Waals surface area (Å²) in [7, 11) is 1.68. The van der Waals surface area contributed by atoms with Crippen LogP contribution >= 0.6 is 0 Å². The van der Waals surface area contributed by atoms with Crippen molar-refractivity contribution < 1.29 is 9.47 Å². The summed E-state index contributed by atoms with van der Waals surface area (Å²) >= 11 is 0. The van der Waals surface area contributed by atoms with Gasteiger partial charge in [0.15, 0.2) is 5.96 Å². The molecule has 1 aliphatic rings. The monoisotopic (exact) mass is 381 g/mol. The van der Waals surface area contributed by atoms with Crippen LogP contribution in [-0.2, 0) is 11.2 Å². The Morgan fingerprint density at radius 2 is 1.86 bits per heavy atom. The number of nitrogens with zero attached hydrogens (tertiary/aromatic N) is 1. The number of hydrogen-bond donors (Lipinski definition) is 2. The molecule has 2 aromatic rings. The molecule has 0 aromatic heterocycles. The second-order valence-electron chi connectivity index (χ2n) is 7.26. The van der Waals surface area contributed by atoms with Crippen molar-refractivity contribution >= 4 is 5.96 Å². The molecule has 2 aromatic carbocycles. The van der Waals surface area contributed by atoms with E-state index in [1.807, 2.05) is 18.2 Å². The summed E-state index contributed by atoms with van der Waals surface area (Å²) in [5.74, 6) is 2.03. The predicted octanol–water partition coefficient (Wildman–Crippen LogP) is 3.70. The van der Waals surface area contributed by atoms with Crippen LogP contribution in [0.1, 0.15) is 36.4 Å². The van der Waals surface area contributed by atoms with E-state index < -0.39 is 0 Å². The summed E-state index contributed by atoms with van der Waals surface area (Å²) in [5.41, 5.74) is 8.69. The zero-order chi connectivity index (χ0) is 19.6. The van der Waals surface area contributed by atoms with Gasteiger partial charge in [-0.25, -0.2) is 0 Å². The van der Waals surface area contributed by atoms with Crippen LogP contribution in [0, 0.1) is 5.92 Å². The molecule has 0 spiro atoms.